The van der Waals surface area contributed by atoms with Crippen LogP contribution in [-0.2, 0) is 16.6 Å². The Labute approximate surface area is 151 Å². The fraction of sp³-hybridized carbons (Fsp3) is 0.412. The van der Waals surface area contributed by atoms with E-state index >= 15 is 0 Å². The highest BCUT2D eigenvalue weighted by molar-refractivity contribution is 9.10. The summed E-state index contributed by atoms with van der Waals surface area (Å²) < 4.78 is 27.4. The first-order valence-corrected chi connectivity index (χ1v) is 10.4. The van der Waals surface area contributed by atoms with E-state index in [0.717, 1.165) is 53.7 Å². The smallest absolute Gasteiger partial charge is 0.242 e. The van der Waals surface area contributed by atoms with Crippen molar-refractivity contribution in [3.63, 3.8) is 0 Å². The second-order valence-corrected chi connectivity index (χ2v) is 9.06. The molecular weight excluding hydrogens is 390 g/mol. The van der Waals surface area contributed by atoms with Crippen molar-refractivity contribution in [1.82, 2.24) is 13.8 Å². The van der Waals surface area contributed by atoms with Crippen LogP contribution in [0.3, 0.4) is 0 Å². The molecule has 0 unspecified atom stereocenters. The van der Waals surface area contributed by atoms with Gasteiger partial charge in [0.15, 0.2) is 0 Å². The Bertz CT molecular complexity index is 852. The van der Waals surface area contributed by atoms with Gasteiger partial charge in [0.1, 0.15) is 0 Å². The summed E-state index contributed by atoms with van der Waals surface area (Å²) in [4.78, 5) is 4.69. The Morgan fingerprint density at radius 2 is 1.96 bits per heavy atom. The SMILES string of the molecule is C=CCS(=O)(=O)n1cc(CN2CCN(C)CC2)c2cc(Br)ccc21. The second-order valence-electron chi connectivity index (χ2n) is 6.26. The molecule has 0 bridgehead atoms. The van der Waals surface area contributed by atoms with E-state index in [2.05, 4.69) is 39.4 Å². The third-order valence-corrected chi connectivity index (χ3v) is 6.48. The lowest BCUT2D eigenvalue weighted by Gasteiger charge is -2.32. The van der Waals surface area contributed by atoms with E-state index in [9.17, 15) is 8.42 Å². The molecule has 2 aromatic rings. The molecule has 2 heterocycles. The Kier molecular flexibility index (Phi) is 5.15. The molecule has 1 fully saturated rings. The lowest BCUT2D eigenvalue weighted by atomic mass is 10.1. The molecule has 7 heteroatoms. The fourth-order valence-electron chi connectivity index (χ4n) is 3.07. The molecular formula is C17H22BrN3O2S. The summed E-state index contributed by atoms with van der Waals surface area (Å²) >= 11 is 3.49. The van der Waals surface area contributed by atoms with Crippen molar-refractivity contribution in [3.05, 3.63) is 47.1 Å². The molecule has 24 heavy (non-hydrogen) atoms. The van der Waals surface area contributed by atoms with Crippen LogP contribution in [0.5, 0.6) is 0 Å². The van der Waals surface area contributed by atoms with Crippen LogP contribution < -0.4 is 0 Å². The third-order valence-electron chi connectivity index (χ3n) is 4.43. The molecule has 0 radical (unpaired) electrons. The van der Waals surface area contributed by atoms with Gasteiger partial charge in [0.05, 0.1) is 11.3 Å². The maximum Gasteiger partial charge on any atom is 0.242 e. The van der Waals surface area contributed by atoms with Crippen LogP contribution in [0.15, 0.2) is 41.5 Å². The van der Waals surface area contributed by atoms with Gasteiger partial charge in [-0.15, -0.1) is 6.58 Å². The van der Waals surface area contributed by atoms with E-state index < -0.39 is 10.0 Å². The first kappa shape index (κ1) is 17.7. The molecule has 3 rings (SSSR count). The van der Waals surface area contributed by atoms with Crippen molar-refractivity contribution in [2.45, 2.75) is 6.54 Å². The van der Waals surface area contributed by atoms with Crippen molar-refractivity contribution in [2.75, 3.05) is 39.0 Å². The number of hydrogen-bond acceptors (Lipinski definition) is 4. The molecule has 0 amide bonds. The van der Waals surface area contributed by atoms with Crippen LogP contribution in [0.2, 0.25) is 0 Å². The average Bonchev–Trinajstić information content (AvgIpc) is 2.88. The number of rotatable bonds is 5. The fourth-order valence-corrected chi connectivity index (χ4v) is 4.64. The molecule has 5 nitrogen and oxygen atoms in total. The van der Waals surface area contributed by atoms with Crippen molar-refractivity contribution in [1.29, 1.82) is 0 Å². The van der Waals surface area contributed by atoms with E-state index in [1.165, 1.54) is 10.0 Å². The molecule has 0 spiro atoms. The van der Waals surface area contributed by atoms with Gasteiger partial charge in [0, 0.05) is 48.8 Å². The maximum absolute atomic E-state index is 12.5. The van der Waals surface area contributed by atoms with Crippen LogP contribution in [0, 0.1) is 0 Å². The molecule has 0 saturated carbocycles. The molecule has 0 atom stereocenters. The number of halogens is 1. The van der Waals surface area contributed by atoms with Gasteiger partial charge in [-0.3, -0.25) is 4.90 Å². The number of likely N-dealkylation sites (N-methyl/N-ethyl adjacent to an activating group) is 1. The first-order chi connectivity index (χ1) is 11.4. The Hall–Kier alpha value is -1.15. The first-order valence-electron chi connectivity index (χ1n) is 7.95. The number of nitrogens with zero attached hydrogens (tertiary/aromatic N) is 3. The Morgan fingerprint density at radius 3 is 2.62 bits per heavy atom. The number of benzene rings is 1. The summed E-state index contributed by atoms with van der Waals surface area (Å²) in [5.41, 5.74) is 1.77. The van der Waals surface area contributed by atoms with E-state index in [4.69, 9.17) is 0 Å². The molecule has 1 aromatic heterocycles. The van der Waals surface area contributed by atoms with Gasteiger partial charge >= 0.3 is 0 Å². The predicted octanol–water partition coefficient (Wildman–Crippen LogP) is 2.52. The summed E-state index contributed by atoms with van der Waals surface area (Å²) in [6.07, 6.45) is 3.20. The number of aromatic nitrogens is 1. The average molecular weight is 412 g/mol. The lowest BCUT2D eigenvalue weighted by Crippen LogP contribution is -2.43. The molecule has 130 valence electrons. The lowest BCUT2D eigenvalue weighted by molar-refractivity contribution is 0.148. The van der Waals surface area contributed by atoms with E-state index in [1.54, 1.807) is 6.20 Å². The molecule has 1 aliphatic heterocycles. The summed E-state index contributed by atoms with van der Waals surface area (Å²) in [5.74, 6) is -0.0687. The van der Waals surface area contributed by atoms with Crippen LogP contribution in [0.1, 0.15) is 5.56 Å². The van der Waals surface area contributed by atoms with Crippen molar-refractivity contribution >= 4 is 36.9 Å². The van der Waals surface area contributed by atoms with Gasteiger partial charge in [-0.25, -0.2) is 12.4 Å². The van der Waals surface area contributed by atoms with E-state index in [0.29, 0.717) is 0 Å². The van der Waals surface area contributed by atoms with Crippen LogP contribution in [-0.4, -0.2) is 61.2 Å². The highest BCUT2D eigenvalue weighted by Crippen LogP contribution is 2.28. The number of fused-ring (bicyclic) bond motifs is 1. The van der Waals surface area contributed by atoms with E-state index in [1.807, 2.05) is 18.2 Å². The van der Waals surface area contributed by atoms with Gasteiger partial charge in [-0.2, -0.15) is 0 Å². The summed E-state index contributed by atoms with van der Waals surface area (Å²) in [7, 11) is -1.29. The molecule has 0 aliphatic carbocycles. The minimum absolute atomic E-state index is 0.0687. The minimum Gasteiger partial charge on any atom is -0.304 e. The van der Waals surface area contributed by atoms with Crippen LogP contribution in [0.4, 0.5) is 0 Å². The predicted molar refractivity (Wildman–Crippen MR) is 102 cm³/mol. The minimum atomic E-state index is -3.42. The monoisotopic (exact) mass is 411 g/mol. The molecule has 1 saturated heterocycles. The Morgan fingerprint density at radius 1 is 1.25 bits per heavy atom. The van der Waals surface area contributed by atoms with Crippen molar-refractivity contribution in [2.24, 2.45) is 0 Å². The highest BCUT2D eigenvalue weighted by Gasteiger charge is 2.20. The Balaban J connectivity index is 2.01. The highest BCUT2D eigenvalue weighted by atomic mass is 79.9. The van der Waals surface area contributed by atoms with Gasteiger partial charge in [0.25, 0.3) is 0 Å². The van der Waals surface area contributed by atoms with Crippen LogP contribution in [0.25, 0.3) is 10.9 Å². The van der Waals surface area contributed by atoms with Crippen molar-refractivity contribution in [3.8, 4) is 0 Å². The largest absolute Gasteiger partial charge is 0.304 e. The number of hydrogen-bond donors (Lipinski definition) is 0. The standard InChI is InChI=1S/C17H22BrN3O2S/c1-3-10-24(22,23)21-13-14(12-20-8-6-19(2)7-9-20)16-11-15(18)4-5-17(16)21/h3-5,11,13H,1,6-10,12H2,2H3. The molecule has 1 aromatic carbocycles. The van der Waals surface area contributed by atoms with Gasteiger partial charge in [-0.05, 0) is 30.8 Å². The zero-order valence-corrected chi connectivity index (χ0v) is 16.2. The molecule has 1 aliphatic rings. The quantitative estimate of drug-likeness (QED) is 0.709. The zero-order valence-electron chi connectivity index (χ0n) is 13.8. The van der Waals surface area contributed by atoms with Crippen molar-refractivity contribution < 1.29 is 8.42 Å². The van der Waals surface area contributed by atoms with Gasteiger partial charge < -0.3 is 4.90 Å². The zero-order chi connectivity index (χ0) is 17.3. The summed E-state index contributed by atoms with van der Waals surface area (Å²) in [6.45, 7) is 8.39. The normalized spacial score (nSPS) is 17.4. The van der Waals surface area contributed by atoms with Gasteiger partial charge in [-0.1, -0.05) is 22.0 Å². The van der Waals surface area contributed by atoms with E-state index in [-0.39, 0.29) is 5.75 Å². The summed E-state index contributed by atoms with van der Waals surface area (Å²) in [5, 5.41) is 0.982. The summed E-state index contributed by atoms with van der Waals surface area (Å²) in [6, 6.07) is 5.73. The number of piperazine rings is 1. The maximum atomic E-state index is 12.5. The second kappa shape index (κ2) is 7.00. The topological polar surface area (TPSA) is 45.6 Å². The molecule has 0 N–H and O–H groups in total. The van der Waals surface area contributed by atoms with Crippen LogP contribution >= 0.6 is 15.9 Å². The third kappa shape index (κ3) is 3.59. The van der Waals surface area contributed by atoms with Gasteiger partial charge in [0.2, 0.25) is 10.0 Å².